The Morgan fingerprint density at radius 1 is 0.382 bits per heavy atom. The molecule has 0 bridgehead atoms. The van der Waals surface area contributed by atoms with Crippen molar-refractivity contribution in [2.75, 3.05) is 35.6 Å². The fraction of sp³-hybridized carbons (Fsp3) is 0.276. The van der Waals surface area contributed by atoms with Gasteiger partial charge in [-0.15, -0.1) is 0 Å². The van der Waals surface area contributed by atoms with E-state index in [4.69, 9.17) is 34.4 Å². The summed E-state index contributed by atoms with van der Waals surface area (Å²) in [5.41, 5.74) is 34.5. The maximum Gasteiger partial charge on any atom is 0.252 e. The largest absolute Gasteiger partial charge is 0.508 e. The van der Waals surface area contributed by atoms with Crippen LogP contribution >= 0.6 is 0 Å². The highest BCUT2D eigenvalue weighted by Crippen LogP contribution is 2.35. The van der Waals surface area contributed by atoms with E-state index in [9.17, 15) is 44.1 Å². The third kappa shape index (κ3) is 13.8. The van der Waals surface area contributed by atoms with Gasteiger partial charge in [0.25, 0.3) is 17.7 Å². The molecule has 0 aliphatic rings. The molecule has 0 spiro atoms. The zero-order valence-electron chi connectivity index (χ0n) is 42.2. The lowest BCUT2D eigenvalue weighted by molar-refractivity contribution is -0.120. The van der Waals surface area contributed by atoms with Crippen LogP contribution in [0.25, 0.3) is 0 Å². The molecular weight excluding hydrogens is 967 g/mol. The third-order valence-corrected chi connectivity index (χ3v) is 13.3. The zero-order chi connectivity index (χ0) is 55.0. The number of aromatic hydroxyl groups is 3. The molecule has 0 aliphatic heterocycles. The van der Waals surface area contributed by atoms with Gasteiger partial charge in [-0.1, -0.05) is 72.8 Å². The number of nitrogens with one attached hydrogen (secondary N) is 3. The van der Waals surface area contributed by atoms with Crippen LogP contribution in [0.4, 0.5) is 17.1 Å². The van der Waals surface area contributed by atoms with Gasteiger partial charge in [-0.3, -0.25) is 28.8 Å². The molecule has 18 N–H and O–H groups in total. The number of anilines is 3. The Labute approximate surface area is 441 Å². The molecule has 18 heteroatoms. The summed E-state index contributed by atoms with van der Waals surface area (Å²) in [5.74, 6) is -5.31. The molecule has 6 aromatic rings. The molecular formula is C58H67N9O9. The maximum absolute atomic E-state index is 14.0. The Morgan fingerprint density at radius 2 is 0.632 bits per heavy atom. The second-order valence-corrected chi connectivity index (χ2v) is 19.0. The van der Waals surface area contributed by atoms with E-state index in [0.29, 0.717) is 75.2 Å². The van der Waals surface area contributed by atoms with Crippen molar-refractivity contribution >= 4 is 52.1 Å². The monoisotopic (exact) mass is 1030 g/mol. The number of hydrogen-bond donors (Lipinski definition) is 12. The number of carbonyl (C=O) groups is 6. The minimum absolute atomic E-state index is 0.0134. The summed E-state index contributed by atoms with van der Waals surface area (Å²) in [5, 5.41) is 38.7. The van der Waals surface area contributed by atoms with Crippen LogP contribution in [0.3, 0.4) is 0 Å². The number of rotatable bonds is 27. The number of ketones is 3. The molecule has 0 heterocycles. The second kappa shape index (κ2) is 25.9. The number of hydrogen-bond acceptors (Lipinski definition) is 15. The van der Waals surface area contributed by atoms with Crippen LogP contribution in [0.5, 0.6) is 17.2 Å². The van der Waals surface area contributed by atoms with E-state index >= 15 is 0 Å². The summed E-state index contributed by atoms with van der Waals surface area (Å²) in [4.78, 5) is 83.5. The van der Waals surface area contributed by atoms with E-state index in [2.05, 4.69) is 16.0 Å². The third-order valence-electron chi connectivity index (χ3n) is 13.3. The SMILES string of the molecule is NCCCC[C@@](N)(C(=O)Nc1ccc(C(c2ccc(NC(=O)[C@](N)(CCCCN)C(=O)c3cccc(O)c3)cc2)c2ccc(NC(=O)[C@](N)(CCCCN)C(=O)c3cccc(O)c3)cc2)cc1)C(=O)c1cccc(O)c1. The predicted molar refractivity (Wildman–Crippen MR) is 293 cm³/mol. The molecule has 76 heavy (non-hydrogen) atoms. The first-order chi connectivity index (χ1) is 36.4. The van der Waals surface area contributed by atoms with Gasteiger partial charge >= 0.3 is 0 Å². The van der Waals surface area contributed by atoms with Gasteiger partial charge in [0.05, 0.1) is 0 Å². The van der Waals surface area contributed by atoms with E-state index in [1.165, 1.54) is 72.8 Å². The first-order valence-electron chi connectivity index (χ1n) is 25.1. The summed E-state index contributed by atoms with van der Waals surface area (Å²) in [6.07, 6.45) is 2.66. The Kier molecular flexibility index (Phi) is 19.5. The van der Waals surface area contributed by atoms with Crippen LogP contribution in [0.15, 0.2) is 146 Å². The average molecular weight is 1030 g/mol. The number of unbranched alkanes of at least 4 members (excludes halogenated alkanes) is 3. The van der Waals surface area contributed by atoms with Crippen molar-refractivity contribution < 1.29 is 44.1 Å². The Morgan fingerprint density at radius 3 is 0.855 bits per heavy atom. The van der Waals surface area contributed by atoms with Crippen LogP contribution < -0.4 is 50.4 Å². The van der Waals surface area contributed by atoms with Gasteiger partial charge in [-0.05, 0) is 167 Å². The molecule has 0 fully saturated rings. The number of phenols is 3. The molecule has 0 saturated carbocycles. The van der Waals surface area contributed by atoms with Gasteiger partial charge in [0.2, 0.25) is 0 Å². The molecule has 3 amide bonds. The van der Waals surface area contributed by atoms with Crippen molar-refractivity contribution in [1.29, 1.82) is 0 Å². The molecule has 0 saturated heterocycles. The van der Waals surface area contributed by atoms with Crippen LogP contribution in [0.2, 0.25) is 0 Å². The highest BCUT2D eigenvalue weighted by molar-refractivity contribution is 6.23. The fourth-order valence-electron chi connectivity index (χ4n) is 8.93. The molecule has 0 aliphatic carbocycles. The van der Waals surface area contributed by atoms with Crippen molar-refractivity contribution in [3.8, 4) is 17.2 Å². The van der Waals surface area contributed by atoms with Crippen LogP contribution in [0.1, 0.15) is 111 Å². The van der Waals surface area contributed by atoms with Gasteiger partial charge in [0, 0.05) is 39.7 Å². The number of carbonyl (C=O) groups excluding carboxylic acids is 6. The first kappa shape index (κ1) is 57.2. The predicted octanol–water partition coefficient (Wildman–Crippen LogP) is 5.93. The molecule has 18 nitrogen and oxygen atoms in total. The Bertz CT molecular complexity index is 2690. The van der Waals surface area contributed by atoms with Crippen LogP contribution in [0, 0.1) is 0 Å². The highest BCUT2D eigenvalue weighted by Gasteiger charge is 2.44. The van der Waals surface area contributed by atoms with Crippen molar-refractivity contribution in [2.45, 2.75) is 80.3 Å². The van der Waals surface area contributed by atoms with E-state index in [1.54, 1.807) is 72.8 Å². The molecule has 0 aromatic heterocycles. The minimum atomic E-state index is -2.00. The fourth-order valence-corrected chi connectivity index (χ4v) is 8.93. The van der Waals surface area contributed by atoms with E-state index in [0.717, 1.165) is 16.7 Å². The van der Waals surface area contributed by atoms with Crippen molar-refractivity contribution in [1.82, 2.24) is 0 Å². The smallest absolute Gasteiger partial charge is 0.252 e. The molecule has 398 valence electrons. The lowest BCUT2D eigenvalue weighted by Crippen LogP contribution is -2.57. The van der Waals surface area contributed by atoms with Crippen molar-refractivity contribution in [3.63, 3.8) is 0 Å². The van der Waals surface area contributed by atoms with Gasteiger partial charge in [-0.25, -0.2) is 0 Å². The van der Waals surface area contributed by atoms with E-state index in [-0.39, 0.29) is 53.2 Å². The summed E-state index contributed by atoms with van der Waals surface area (Å²) in [7, 11) is 0. The number of amides is 3. The Hall–Kier alpha value is -8.10. The number of phenolic OH excluding ortho intramolecular Hbond substituents is 3. The second-order valence-electron chi connectivity index (χ2n) is 19.0. The summed E-state index contributed by atoms with van der Waals surface area (Å²) >= 11 is 0. The van der Waals surface area contributed by atoms with E-state index in [1.807, 2.05) is 0 Å². The molecule has 6 aromatic carbocycles. The normalized spacial score (nSPS) is 13.6. The molecule has 3 atom stereocenters. The quantitative estimate of drug-likeness (QED) is 0.0123. The van der Waals surface area contributed by atoms with E-state index < -0.39 is 57.6 Å². The summed E-state index contributed by atoms with van der Waals surface area (Å²) in [6, 6.07) is 37.5. The molecule has 6 rings (SSSR count). The van der Waals surface area contributed by atoms with Gasteiger partial charge in [0.15, 0.2) is 34.0 Å². The minimum Gasteiger partial charge on any atom is -0.508 e. The summed E-state index contributed by atoms with van der Waals surface area (Å²) < 4.78 is 0. The molecule has 0 radical (unpaired) electrons. The van der Waals surface area contributed by atoms with Gasteiger partial charge in [0.1, 0.15) is 17.2 Å². The maximum atomic E-state index is 14.0. The first-order valence-corrected chi connectivity index (χ1v) is 25.1. The lowest BCUT2D eigenvalue weighted by Gasteiger charge is -2.28. The zero-order valence-corrected chi connectivity index (χ0v) is 42.2. The number of benzene rings is 6. The highest BCUT2D eigenvalue weighted by atomic mass is 16.3. The topological polar surface area (TPSA) is 355 Å². The standard InChI is InChI=1S/C58H67N9O9/c59-31-4-1-28-56(62,50(71)40-10-7-13-46(68)34-40)53(74)65-43-22-16-37(17-23-43)49(38-18-24-44(25-19-38)66-54(75)57(63,29-2-5-32-60)51(72)41-11-8-14-47(69)35-41)39-20-26-45(27-21-39)67-55(76)58(64,30-3-6-33-61)52(73)42-12-9-15-48(70)36-42/h7-27,34-36,49,68-70H,1-6,28-33,59-64H2,(H,65,74)(H,66,75)(H,67,76)/t56-,57-,58-/m0/s1. The van der Waals surface area contributed by atoms with Gasteiger partial charge in [-0.2, -0.15) is 0 Å². The van der Waals surface area contributed by atoms with Crippen molar-refractivity contribution in [2.24, 2.45) is 34.4 Å². The number of Topliss-reactive ketones (excluding diaryl/α,β-unsaturated/α-hetero) is 3. The lowest BCUT2D eigenvalue weighted by atomic mass is 9.83. The average Bonchev–Trinajstić information content (AvgIpc) is 3.42. The van der Waals surface area contributed by atoms with Gasteiger partial charge < -0.3 is 65.7 Å². The number of nitrogens with two attached hydrogens (primary N) is 6. The van der Waals surface area contributed by atoms with Crippen molar-refractivity contribution in [3.05, 3.63) is 179 Å². The summed E-state index contributed by atoms with van der Waals surface area (Å²) in [6.45, 7) is 0.984. The van der Waals surface area contributed by atoms with Crippen LogP contribution in [-0.2, 0) is 14.4 Å². The van der Waals surface area contributed by atoms with Crippen LogP contribution in [-0.4, -0.2) is 86.6 Å². The Balaban J connectivity index is 1.32. The molecule has 0 unspecified atom stereocenters.